The lowest BCUT2D eigenvalue weighted by atomic mass is 9.96. The van der Waals surface area contributed by atoms with Crippen molar-refractivity contribution in [3.63, 3.8) is 0 Å². The van der Waals surface area contributed by atoms with Crippen molar-refractivity contribution in [2.45, 2.75) is 25.7 Å². The van der Waals surface area contributed by atoms with E-state index in [-0.39, 0.29) is 11.8 Å². The number of rotatable bonds is 4. The number of hydrogen-bond acceptors (Lipinski definition) is 6. The number of aromatic nitrogens is 4. The summed E-state index contributed by atoms with van der Waals surface area (Å²) in [4.78, 5) is 32.3. The molecule has 0 radical (unpaired) electrons. The summed E-state index contributed by atoms with van der Waals surface area (Å²) in [5, 5.41) is 3.18. The van der Waals surface area contributed by atoms with Gasteiger partial charge in [0.05, 0.1) is 6.20 Å². The van der Waals surface area contributed by atoms with Crippen LogP contribution in [0.2, 0.25) is 0 Å². The minimum absolute atomic E-state index is 0.0656. The second-order valence-corrected chi connectivity index (χ2v) is 6.92. The van der Waals surface area contributed by atoms with E-state index in [9.17, 15) is 4.79 Å². The lowest BCUT2D eigenvalue weighted by Crippen LogP contribution is -2.39. The molecule has 1 amide bonds. The molecule has 1 saturated heterocycles. The summed E-state index contributed by atoms with van der Waals surface area (Å²) in [5.74, 6) is 2.27. The molecule has 1 atom stereocenters. The first-order valence-electron chi connectivity index (χ1n) is 9.42. The number of carbonyl (C=O) groups excluding carboxylic acids is 1. The molecular weight excluding hydrogens is 352 g/mol. The van der Waals surface area contributed by atoms with Gasteiger partial charge in [0.1, 0.15) is 17.5 Å². The van der Waals surface area contributed by atoms with Crippen molar-refractivity contribution < 1.29 is 4.79 Å². The molecule has 1 N–H and O–H groups in total. The average molecular weight is 374 g/mol. The number of piperidine rings is 1. The van der Waals surface area contributed by atoms with Gasteiger partial charge < -0.3 is 10.2 Å². The molecular formula is C21H22N6O. The van der Waals surface area contributed by atoms with E-state index >= 15 is 0 Å². The van der Waals surface area contributed by atoms with Gasteiger partial charge in [0, 0.05) is 48.7 Å². The molecule has 1 fully saturated rings. The molecule has 7 nitrogen and oxygen atoms in total. The van der Waals surface area contributed by atoms with Crippen LogP contribution in [0, 0.1) is 6.92 Å². The second kappa shape index (κ2) is 8.12. The zero-order valence-electron chi connectivity index (χ0n) is 15.7. The first-order chi connectivity index (χ1) is 13.7. The van der Waals surface area contributed by atoms with Gasteiger partial charge in [-0.3, -0.25) is 9.78 Å². The van der Waals surface area contributed by atoms with Gasteiger partial charge in [-0.15, -0.1) is 0 Å². The summed E-state index contributed by atoms with van der Waals surface area (Å²) in [6.07, 6.45) is 6.81. The molecule has 3 heterocycles. The van der Waals surface area contributed by atoms with Gasteiger partial charge in [-0.25, -0.2) is 15.0 Å². The fourth-order valence-electron chi connectivity index (χ4n) is 3.47. The van der Waals surface area contributed by atoms with Gasteiger partial charge in [0.25, 0.3) is 5.91 Å². The number of benzene rings is 1. The van der Waals surface area contributed by atoms with Crippen molar-refractivity contribution >= 4 is 17.5 Å². The maximum Gasteiger partial charge on any atom is 0.253 e. The first-order valence-corrected chi connectivity index (χ1v) is 9.42. The zero-order chi connectivity index (χ0) is 19.3. The highest BCUT2D eigenvalue weighted by molar-refractivity contribution is 5.94. The molecule has 28 heavy (non-hydrogen) atoms. The van der Waals surface area contributed by atoms with E-state index in [1.54, 1.807) is 18.6 Å². The number of amides is 1. The monoisotopic (exact) mass is 374 g/mol. The molecule has 1 aromatic carbocycles. The third kappa shape index (κ3) is 4.14. The Labute approximate surface area is 163 Å². The van der Waals surface area contributed by atoms with Crippen LogP contribution in [0.15, 0.2) is 55.0 Å². The maximum atomic E-state index is 12.8. The minimum Gasteiger partial charge on any atom is -0.338 e. The van der Waals surface area contributed by atoms with Crippen molar-refractivity contribution in [2.24, 2.45) is 0 Å². The van der Waals surface area contributed by atoms with Crippen LogP contribution < -0.4 is 5.32 Å². The Kier molecular flexibility index (Phi) is 5.23. The second-order valence-electron chi connectivity index (χ2n) is 6.92. The molecule has 1 aliphatic rings. The Balaban J connectivity index is 1.52. The molecule has 0 unspecified atom stereocenters. The van der Waals surface area contributed by atoms with E-state index in [1.165, 1.54) is 0 Å². The van der Waals surface area contributed by atoms with Crippen LogP contribution in [0.1, 0.15) is 40.6 Å². The van der Waals surface area contributed by atoms with Crippen molar-refractivity contribution in [1.29, 1.82) is 0 Å². The normalized spacial score (nSPS) is 16.6. The maximum absolute atomic E-state index is 12.8. The van der Waals surface area contributed by atoms with E-state index in [0.717, 1.165) is 36.5 Å². The number of hydrogen-bond donors (Lipinski definition) is 1. The number of aryl methyl sites for hydroxylation is 1. The Morgan fingerprint density at radius 3 is 2.79 bits per heavy atom. The predicted octanol–water partition coefficient (Wildman–Crippen LogP) is 3.34. The highest BCUT2D eigenvalue weighted by atomic mass is 16.2. The van der Waals surface area contributed by atoms with E-state index in [1.807, 2.05) is 48.2 Å². The summed E-state index contributed by atoms with van der Waals surface area (Å²) in [6.45, 7) is 3.34. The lowest BCUT2D eigenvalue weighted by Gasteiger charge is -2.32. The van der Waals surface area contributed by atoms with Crippen LogP contribution in [0.25, 0.3) is 0 Å². The fraction of sp³-hybridized carbons (Fsp3) is 0.286. The number of carbonyl (C=O) groups is 1. The van der Waals surface area contributed by atoms with E-state index in [0.29, 0.717) is 18.2 Å². The lowest BCUT2D eigenvalue weighted by molar-refractivity contribution is 0.0704. The molecule has 3 aromatic rings. The van der Waals surface area contributed by atoms with Gasteiger partial charge in [-0.05, 0) is 31.9 Å². The van der Waals surface area contributed by atoms with Crippen molar-refractivity contribution in [3.8, 4) is 0 Å². The standard InChI is InChI=1S/C21H22N6O/c1-15-12-18(25-19-13-22-9-10-23-19)26-20(24-15)17-8-5-11-27(14-17)21(28)16-6-3-2-4-7-16/h2-4,6-7,9-10,12-13,17H,5,8,11,14H2,1H3,(H,23,24,25,26)/t17-/m0/s1. The molecule has 142 valence electrons. The van der Waals surface area contributed by atoms with Gasteiger partial charge >= 0.3 is 0 Å². The van der Waals surface area contributed by atoms with Gasteiger partial charge in [0.2, 0.25) is 0 Å². The van der Waals surface area contributed by atoms with Crippen LogP contribution in [0.5, 0.6) is 0 Å². The SMILES string of the molecule is Cc1cc(Nc2cnccn2)nc([C@H]2CCCN(C(=O)c3ccccc3)C2)n1. The van der Waals surface area contributed by atoms with E-state index in [4.69, 9.17) is 4.98 Å². The van der Waals surface area contributed by atoms with Gasteiger partial charge in [-0.1, -0.05) is 18.2 Å². The molecule has 0 bridgehead atoms. The van der Waals surface area contributed by atoms with Crippen molar-refractivity contribution in [1.82, 2.24) is 24.8 Å². The Morgan fingerprint density at radius 2 is 2.00 bits per heavy atom. The van der Waals surface area contributed by atoms with Crippen LogP contribution in [-0.4, -0.2) is 43.8 Å². The van der Waals surface area contributed by atoms with Crippen LogP contribution in [0.3, 0.4) is 0 Å². The number of anilines is 2. The largest absolute Gasteiger partial charge is 0.338 e. The minimum atomic E-state index is 0.0656. The fourth-order valence-corrected chi connectivity index (χ4v) is 3.47. The Morgan fingerprint density at radius 1 is 1.14 bits per heavy atom. The molecule has 0 spiro atoms. The van der Waals surface area contributed by atoms with Gasteiger partial charge in [0.15, 0.2) is 0 Å². The number of nitrogens with zero attached hydrogens (tertiary/aromatic N) is 5. The quantitative estimate of drug-likeness (QED) is 0.754. The molecule has 2 aromatic heterocycles. The summed E-state index contributed by atoms with van der Waals surface area (Å²) < 4.78 is 0. The molecule has 1 aliphatic heterocycles. The third-order valence-electron chi connectivity index (χ3n) is 4.79. The van der Waals surface area contributed by atoms with E-state index in [2.05, 4.69) is 20.3 Å². The topological polar surface area (TPSA) is 83.9 Å². The van der Waals surface area contributed by atoms with Crippen molar-refractivity contribution in [2.75, 3.05) is 18.4 Å². The van der Waals surface area contributed by atoms with Crippen LogP contribution in [-0.2, 0) is 0 Å². The smallest absolute Gasteiger partial charge is 0.253 e. The third-order valence-corrected chi connectivity index (χ3v) is 4.79. The Hall–Kier alpha value is -3.35. The summed E-state index contributed by atoms with van der Waals surface area (Å²) >= 11 is 0. The number of likely N-dealkylation sites (tertiary alicyclic amines) is 1. The predicted molar refractivity (Wildman–Crippen MR) is 106 cm³/mol. The van der Waals surface area contributed by atoms with Crippen molar-refractivity contribution in [3.05, 3.63) is 72.1 Å². The first kappa shape index (κ1) is 18.0. The highest BCUT2D eigenvalue weighted by Gasteiger charge is 2.27. The summed E-state index contributed by atoms with van der Waals surface area (Å²) in [7, 11) is 0. The molecule has 7 heteroatoms. The summed E-state index contributed by atoms with van der Waals surface area (Å²) in [6, 6.07) is 11.3. The average Bonchev–Trinajstić information content (AvgIpc) is 2.74. The Bertz CT molecular complexity index is 948. The van der Waals surface area contributed by atoms with Gasteiger partial charge in [-0.2, -0.15) is 0 Å². The summed E-state index contributed by atoms with van der Waals surface area (Å²) in [5.41, 5.74) is 1.60. The molecule has 4 rings (SSSR count). The molecule has 0 aliphatic carbocycles. The van der Waals surface area contributed by atoms with E-state index < -0.39 is 0 Å². The highest BCUT2D eigenvalue weighted by Crippen LogP contribution is 2.27. The molecule has 0 saturated carbocycles. The zero-order valence-corrected chi connectivity index (χ0v) is 15.7. The van der Waals surface area contributed by atoms with Crippen LogP contribution in [0.4, 0.5) is 11.6 Å². The number of nitrogens with one attached hydrogen (secondary N) is 1. The van der Waals surface area contributed by atoms with Crippen LogP contribution >= 0.6 is 0 Å².